The molecule has 0 radical (unpaired) electrons. The van der Waals surface area contributed by atoms with Gasteiger partial charge in [0, 0.05) is 17.2 Å². The van der Waals surface area contributed by atoms with Gasteiger partial charge in [0.15, 0.2) is 0 Å². The van der Waals surface area contributed by atoms with Gasteiger partial charge in [-0.05, 0) is 85.3 Å². The average molecular weight is 379 g/mol. The van der Waals surface area contributed by atoms with Crippen molar-refractivity contribution in [1.82, 2.24) is 0 Å². The summed E-state index contributed by atoms with van der Waals surface area (Å²) in [5.41, 5.74) is 4.25. The maximum atomic E-state index is 13.3. The summed E-state index contributed by atoms with van der Waals surface area (Å²) in [6, 6.07) is 9.95. The van der Waals surface area contributed by atoms with Crippen LogP contribution in [0.15, 0.2) is 36.4 Å². The molecular weight excluding hydrogens is 350 g/mol. The maximum absolute atomic E-state index is 13.3. The molecule has 0 N–H and O–H groups in total. The lowest BCUT2D eigenvalue weighted by atomic mass is 9.64. The highest BCUT2D eigenvalue weighted by atomic mass is 19.1. The van der Waals surface area contributed by atoms with Gasteiger partial charge in [-0.15, -0.1) is 0 Å². The first-order chi connectivity index (χ1) is 13.6. The standard InChI is InChI=1S/C26H28F2/c1-2-3-4-18-7-11-25-21(13-18)9-10-22-14-19(8-12-26(22)25)5-6-20-15-23(27)17-24(28)16-20/h8,12,14-18,21,25H,2-4,7,9-11,13H2,1H3/t18-,21-,25+/m1/s1. The van der Waals surface area contributed by atoms with Crippen molar-refractivity contribution in [3.63, 3.8) is 0 Å². The minimum absolute atomic E-state index is 0.376. The largest absolute Gasteiger partial charge is 0.207 e. The van der Waals surface area contributed by atoms with E-state index in [1.807, 2.05) is 0 Å². The van der Waals surface area contributed by atoms with Crippen LogP contribution in [0.3, 0.4) is 0 Å². The fourth-order valence-corrected chi connectivity index (χ4v) is 5.22. The summed E-state index contributed by atoms with van der Waals surface area (Å²) < 4.78 is 26.6. The summed E-state index contributed by atoms with van der Waals surface area (Å²) in [5.74, 6) is 7.29. The van der Waals surface area contributed by atoms with Crippen LogP contribution in [0.4, 0.5) is 8.78 Å². The first-order valence-corrected chi connectivity index (χ1v) is 10.7. The molecule has 0 aromatic heterocycles. The summed E-state index contributed by atoms with van der Waals surface area (Å²) >= 11 is 0. The maximum Gasteiger partial charge on any atom is 0.127 e. The summed E-state index contributed by atoms with van der Waals surface area (Å²) in [7, 11) is 0. The van der Waals surface area contributed by atoms with Crippen LogP contribution in [0.5, 0.6) is 0 Å². The molecule has 2 aromatic carbocycles. The molecule has 2 aliphatic carbocycles. The summed E-state index contributed by atoms with van der Waals surface area (Å²) in [6.07, 6.45) is 10.6. The van der Waals surface area contributed by atoms with E-state index < -0.39 is 11.6 Å². The van der Waals surface area contributed by atoms with Crippen LogP contribution < -0.4 is 0 Å². The fraction of sp³-hybridized carbons (Fsp3) is 0.462. The second kappa shape index (κ2) is 8.48. The quantitative estimate of drug-likeness (QED) is 0.504. The molecule has 0 amide bonds. The molecule has 146 valence electrons. The number of hydrogen-bond donors (Lipinski definition) is 0. The summed E-state index contributed by atoms with van der Waals surface area (Å²) in [5, 5.41) is 0. The molecule has 1 fully saturated rings. The third-order valence-electron chi connectivity index (χ3n) is 6.60. The zero-order chi connectivity index (χ0) is 19.5. The van der Waals surface area contributed by atoms with Crippen molar-refractivity contribution in [2.45, 2.75) is 64.2 Å². The molecule has 1 saturated carbocycles. The fourth-order valence-electron chi connectivity index (χ4n) is 5.22. The highest BCUT2D eigenvalue weighted by molar-refractivity contribution is 5.47. The van der Waals surface area contributed by atoms with Gasteiger partial charge in [-0.1, -0.05) is 44.1 Å². The van der Waals surface area contributed by atoms with Gasteiger partial charge >= 0.3 is 0 Å². The van der Waals surface area contributed by atoms with Crippen molar-refractivity contribution in [2.24, 2.45) is 11.8 Å². The van der Waals surface area contributed by atoms with Gasteiger partial charge in [0.25, 0.3) is 0 Å². The van der Waals surface area contributed by atoms with Crippen molar-refractivity contribution < 1.29 is 8.78 Å². The van der Waals surface area contributed by atoms with E-state index in [9.17, 15) is 8.78 Å². The Morgan fingerprint density at radius 2 is 1.71 bits per heavy atom. The first-order valence-electron chi connectivity index (χ1n) is 10.7. The Hall–Kier alpha value is -2.14. The molecule has 0 saturated heterocycles. The Kier molecular flexibility index (Phi) is 5.81. The first kappa shape index (κ1) is 19.2. The average Bonchev–Trinajstić information content (AvgIpc) is 2.69. The molecule has 0 nitrogen and oxygen atoms in total. The number of hydrogen-bond acceptors (Lipinski definition) is 0. The van der Waals surface area contributed by atoms with Crippen molar-refractivity contribution in [2.75, 3.05) is 0 Å². The molecule has 0 spiro atoms. The molecule has 2 aliphatic rings. The van der Waals surface area contributed by atoms with E-state index in [4.69, 9.17) is 0 Å². The number of rotatable bonds is 3. The third-order valence-corrected chi connectivity index (χ3v) is 6.60. The number of benzene rings is 2. The minimum Gasteiger partial charge on any atom is -0.207 e. The van der Waals surface area contributed by atoms with E-state index in [2.05, 4.69) is 37.0 Å². The lowest BCUT2D eigenvalue weighted by molar-refractivity contribution is 0.200. The van der Waals surface area contributed by atoms with E-state index in [-0.39, 0.29) is 0 Å². The lowest BCUT2D eigenvalue weighted by Crippen LogP contribution is -2.28. The van der Waals surface area contributed by atoms with Crippen molar-refractivity contribution in [3.05, 3.63) is 70.3 Å². The lowest BCUT2D eigenvalue weighted by Gasteiger charge is -2.40. The third kappa shape index (κ3) is 4.30. The van der Waals surface area contributed by atoms with Crippen LogP contribution in [0.25, 0.3) is 0 Å². The van der Waals surface area contributed by atoms with Gasteiger partial charge in [0.1, 0.15) is 11.6 Å². The van der Waals surface area contributed by atoms with Crippen LogP contribution >= 0.6 is 0 Å². The zero-order valence-corrected chi connectivity index (χ0v) is 16.6. The van der Waals surface area contributed by atoms with Crippen LogP contribution in [0.1, 0.15) is 80.0 Å². The Labute approximate surface area is 167 Å². The molecule has 0 aliphatic heterocycles. The topological polar surface area (TPSA) is 0 Å². The van der Waals surface area contributed by atoms with E-state index in [1.165, 1.54) is 68.2 Å². The van der Waals surface area contributed by atoms with Crippen LogP contribution in [-0.4, -0.2) is 0 Å². The van der Waals surface area contributed by atoms with Crippen LogP contribution in [0, 0.1) is 35.3 Å². The van der Waals surface area contributed by atoms with Crippen molar-refractivity contribution in [3.8, 4) is 11.8 Å². The minimum atomic E-state index is -0.588. The Balaban J connectivity index is 1.50. The smallest absolute Gasteiger partial charge is 0.127 e. The molecule has 0 heterocycles. The van der Waals surface area contributed by atoms with E-state index in [0.717, 1.165) is 29.9 Å². The molecule has 0 bridgehead atoms. The predicted octanol–water partition coefficient (Wildman–Crippen LogP) is 7.00. The Bertz CT molecular complexity index is 882. The number of halogens is 2. The van der Waals surface area contributed by atoms with E-state index >= 15 is 0 Å². The molecule has 28 heavy (non-hydrogen) atoms. The van der Waals surface area contributed by atoms with Gasteiger partial charge in [-0.2, -0.15) is 0 Å². The van der Waals surface area contributed by atoms with Gasteiger partial charge in [-0.25, -0.2) is 8.78 Å². The summed E-state index contributed by atoms with van der Waals surface area (Å²) in [6.45, 7) is 2.29. The monoisotopic (exact) mass is 378 g/mol. The van der Waals surface area contributed by atoms with Gasteiger partial charge in [0.2, 0.25) is 0 Å². The van der Waals surface area contributed by atoms with Crippen LogP contribution in [-0.2, 0) is 6.42 Å². The molecule has 2 aromatic rings. The predicted molar refractivity (Wildman–Crippen MR) is 110 cm³/mol. The zero-order valence-electron chi connectivity index (χ0n) is 16.6. The molecule has 4 rings (SSSR count). The van der Waals surface area contributed by atoms with Gasteiger partial charge < -0.3 is 0 Å². The second-order valence-corrected chi connectivity index (χ2v) is 8.55. The highest BCUT2D eigenvalue weighted by Gasteiger charge is 2.34. The normalized spacial score (nSPS) is 23.3. The molecule has 3 atom stereocenters. The van der Waals surface area contributed by atoms with Crippen molar-refractivity contribution in [1.29, 1.82) is 0 Å². The molecular formula is C26H28F2. The number of aryl methyl sites for hydroxylation is 1. The second-order valence-electron chi connectivity index (χ2n) is 8.55. The molecule has 2 heteroatoms. The van der Waals surface area contributed by atoms with E-state index in [0.29, 0.717) is 11.5 Å². The highest BCUT2D eigenvalue weighted by Crippen LogP contribution is 2.47. The van der Waals surface area contributed by atoms with Crippen LogP contribution in [0.2, 0.25) is 0 Å². The summed E-state index contributed by atoms with van der Waals surface area (Å²) in [4.78, 5) is 0. The number of fused-ring (bicyclic) bond motifs is 3. The Morgan fingerprint density at radius 3 is 2.50 bits per heavy atom. The molecule has 0 unspecified atom stereocenters. The van der Waals surface area contributed by atoms with Gasteiger partial charge in [-0.3, -0.25) is 0 Å². The SMILES string of the molecule is CCCC[C@@H]1CC[C@@H]2c3ccc(C#Cc4cc(F)cc(F)c4)cc3CC[C@@H]2C1. The number of unbranched alkanes of at least 4 members (excludes halogenated alkanes) is 1. The van der Waals surface area contributed by atoms with E-state index in [1.54, 1.807) is 0 Å². The van der Waals surface area contributed by atoms with Gasteiger partial charge in [0.05, 0.1) is 0 Å². The van der Waals surface area contributed by atoms with Crippen molar-refractivity contribution >= 4 is 0 Å². The Morgan fingerprint density at radius 1 is 0.929 bits per heavy atom.